The van der Waals surface area contributed by atoms with Gasteiger partial charge >= 0.3 is 0 Å². The molecule has 116 valence electrons. The average Bonchev–Trinajstić information content (AvgIpc) is 2.50. The average molecular weight is 300 g/mol. The van der Waals surface area contributed by atoms with Crippen molar-refractivity contribution in [3.63, 3.8) is 0 Å². The molecule has 0 bridgehead atoms. The molecule has 0 spiro atoms. The molecule has 0 aromatic heterocycles. The quantitative estimate of drug-likeness (QED) is 0.696. The highest BCUT2D eigenvalue weighted by molar-refractivity contribution is 5.76. The van der Waals surface area contributed by atoms with Crippen LogP contribution in [-0.2, 0) is 9.53 Å². The number of benzene rings is 2. The first-order chi connectivity index (χ1) is 10.6. The summed E-state index contributed by atoms with van der Waals surface area (Å²) in [6.45, 7) is 4.46. The monoisotopic (exact) mass is 300 g/mol. The number of ketones is 1. The van der Waals surface area contributed by atoms with Crippen molar-refractivity contribution in [2.75, 3.05) is 19.8 Å². The van der Waals surface area contributed by atoms with E-state index in [0.717, 1.165) is 17.2 Å². The number of rotatable bonds is 8. The minimum absolute atomic E-state index is 0.0117. The molecule has 22 heavy (non-hydrogen) atoms. The molecule has 0 saturated heterocycles. The van der Waals surface area contributed by atoms with Crippen LogP contribution in [-0.4, -0.2) is 25.6 Å². The molecule has 0 saturated carbocycles. The molecule has 0 aliphatic rings. The molecule has 0 atom stereocenters. The summed E-state index contributed by atoms with van der Waals surface area (Å²) >= 11 is 0. The van der Waals surface area contributed by atoms with Crippen LogP contribution in [0.4, 0.5) is 0 Å². The van der Waals surface area contributed by atoms with Gasteiger partial charge in [0, 0.05) is 0 Å². The number of aryl methyl sites for hydroxylation is 1. The van der Waals surface area contributed by atoms with E-state index in [2.05, 4.69) is 0 Å². The van der Waals surface area contributed by atoms with Crippen molar-refractivity contribution in [3.8, 4) is 17.2 Å². The van der Waals surface area contributed by atoms with Crippen molar-refractivity contribution >= 4 is 5.78 Å². The Morgan fingerprint density at radius 3 is 2.00 bits per heavy atom. The van der Waals surface area contributed by atoms with Crippen molar-refractivity contribution in [2.24, 2.45) is 0 Å². The Labute approximate surface area is 130 Å². The predicted octanol–water partition coefficient (Wildman–Crippen LogP) is 3.77. The van der Waals surface area contributed by atoms with E-state index in [-0.39, 0.29) is 12.4 Å². The Morgan fingerprint density at radius 2 is 1.41 bits per heavy atom. The Hall–Kier alpha value is -2.33. The Balaban J connectivity index is 1.77. The topological polar surface area (TPSA) is 44.8 Å². The molecule has 4 nitrogen and oxygen atoms in total. The van der Waals surface area contributed by atoms with Crippen molar-refractivity contribution in [3.05, 3.63) is 54.1 Å². The molecular weight excluding hydrogens is 280 g/mol. The number of carbonyl (C=O) groups excluding carboxylic acids is 1. The zero-order chi connectivity index (χ0) is 15.8. The van der Waals surface area contributed by atoms with Crippen molar-refractivity contribution in [1.29, 1.82) is 0 Å². The lowest BCUT2D eigenvalue weighted by molar-refractivity contribution is -0.121. The van der Waals surface area contributed by atoms with Crippen molar-refractivity contribution < 1.29 is 19.0 Å². The number of hydrogen-bond donors (Lipinski definition) is 0. The standard InChI is InChI=1S/C18H20O4/c1-14-3-5-17(6-4-14)22-18-9-7-16(8-10-18)21-12-11-20-13-15(2)19/h3-10H,11-13H2,1-2H3. The fourth-order valence-electron chi connectivity index (χ4n) is 1.78. The summed E-state index contributed by atoms with van der Waals surface area (Å²) in [7, 11) is 0. The van der Waals surface area contributed by atoms with E-state index in [1.54, 1.807) is 0 Å². The maximum atomic E-state index is 10.7. The fourth-order valence-corrected chi connectivity index (χ4v) is 1.78. The molecule has 0 aliphatic carbocycles. The summed E-state index contributed by atoms with van der Waals surface area (Å²) in [6, 6.07) is 15.3. The summed E-state index contributed by atoms with van der Waals surface area (Å²) < 4.78 is 16.4. The van der Waals surface area contributed by atoms with Crippen LogP contribution in [0.15, 0.2) is 48.5 Å². The molecule has 0 N–H and O–H groups in total. The molecule has 0 unspecified atom stereocenters. The highest BCUT2D eigenvalue weighted by Gasteiger charge is 1.99. The second kappa shape index (κ2) is 8.20. The largest absolute Gasteiger partial charge is 0.491 e. The van der Waals surface area contributed by atoms with Gasteiger partial charge in [-0.25, -0.2) is 0 Å². The van der Waals surface area contributed by atoms with Crippen LogP contribution in [0.3, 0.4) is 0 Å². The van der Waals surface area contributed by atoms with Crippen LogP contribution in [0.1, 0.15) is 12.5 Å². The van der Waals surface area contributed by atoms with E-state index >= 15 is 0 Å². The molecule has 0 amide bonds. The normalized spacial score (nSPS) is 10.3. The molecule has 0 heterocycles. The van der Waals surface area contributed by atoms with Crippen LogP contribution in [0.25, 0.3) is 0 Å². The number of Topliss-reactive ketones (excluding diaryl/α,β-unsaturated/α-hetero) is 1. The van der Waals surface area contributed by atoms with E-state index in [1.807, 2.05) is 55.5 Å². The molecular formula is C18H20O4. The molecule has 0 fully saturated rings. The van der Waals surface area contributed by atoms with Gasteiger partial charge in [0.25, 0.3) is 0 Å². The maximum Gasteiger partial charge on any atom is 0.155 e. The molecule has 2 aromatic carbocycles. The van der Waals surface area contributed by atoms with E-state index in [9.17, 15) is 4.79 Å². The summed E-state index contributed by atoms with van der Waals surface area (Å²) in [5.74, 6) is 2.31. The molecule has 4 heteroatoms. The zero-order valence-corrected chi connectivity index (χ0v) is 12.9. The first-order valence-corrected chi connectivity index (χ1v) is 7.18. The van der Waals surface area contributed by atoms with Gasteiger partial charge in [0.05, 0.1) is 6.61 Å². The van der Waals surface area contributed by atoms with Crippen LogP contribution in [0.2, 0.25) is 0 Å². The predicted molar refractivity (Wildman–Crippen MR) is 84.7 cm³/mol. The Morgan fingerprint density at radius 1 is 0.864 bits per heavy atom. The molecule has 0 aliphatic heterocycles. The van der Waals surface area contributed by atoms with Gasteiger partial charge < -0.3 is 14.2 Å². The lowest BCUT2D eigenvalue weighted by Crippen LogP contribution is -2.11. The van der Waals surface area contributed by atoms with Gasteiger partial charge in [-0.15, -0.1) is 0 Å². The third kappa shape index (κ3) is 5.58. The Bertz CT molecular complexity index is 587. The van der Waals surface area contributed by atoms with Crippen LogP contribution in [0, 0.1) is 6.92 Å². The fraction of sp³-hybridized carbons (Fsp3) is 0.278. The summed E-state index contributed by atoms with van der Waals surface area (Å²) in [5, 5.41) is 0. The number of carbonyl (C=O) groups is 1. The van der Waals surface area contributed by atoms with Crippen LogP contribution < -0.4 is 9.47 Å². The second-order valence-electron chi connectivity index (χ2n) is 4.99. The Kier molecular flexibility index (Phi) is 5.98. The summed E-state index contributed by atoms with van der Waals surface area (Å²) in [5.41, 5.74) is 1.20. The van der Waals surface area contributed by atoms with E-state index in [4.69, 9.17) is 14.2 Å². The smallest absolute Gasteiger partial charge is 0.155 e. The number of hydrogen-bond acceptors (Lipinski definition) is 4. The van der Waals surface area contributed by atoms with Crippen molar-refractivity contribution in [1.82, 2.24) is 0 Å². The maximum absolute atomic E-state index is 10.7. The first-order valence-electron chi connectivity index (χ1n) is 7.18. The molecule has 2 rings (SSSR count). The third-order valence-electron chi connectivity index (χ3n) is 2.88. The molecule has 2 aromatic rings. The minimum Gasteiger partial charge on any atom is -0.491 e. The molecule has 0 radical (unpaired) electrons. The van der Waals surface area contributed by atoms with Crippen molar-refractivity contribution in [2.45, 2.75) is 13.8 Å². The van der Waals surface area contributed by atoms with E-state index < -0.39 is 0 Å². The summed E-state index contributed by atoms with van der Waals surface area (Å²) in [4.78, 5) is 10.7. The van der Waals surface area contributed by atoms with Gasteiger partial charge in [-0.2, -0.15) is 0 Å². The third-order valence-corrected chi connectivity index (χ3v) is 2.88. The van der Waals surface area contributed by atoms with E-state index in [1.165, 1.54) is 12.5 Å². The lowest BCUT2D eigenvalue weighted by Gasteiger charge is -2.09. The van der Waals surface area contributed by atoms with Gasteiger partial charge in [-0.05, 0) is 50.2 Å². The highest BCUT2D eigenvalue weighted by Crippen LogP contribution is 2.24. The van der Waals surface area contributed by atoms with Gasteiger partial charge in [0.1, 0.15) is 30.5 Å². The highest BCUT2D eigenvalue weighted by atomic mass is 16.5. The van der Waals surface area contributed by atoms with Crippen LogP contribution in [0.5, 0.6) is 17.2 Å². The van der Waals surface area contributed by atoms with Gasteiger partial charge in [-0.1, -0.05) is 17.7 Å². The first kappa shape index (κ1) is 16.0. The minimum atomic E-state index is 0.0117. The summed E-state index contributed by atoms with van der Waals surface area (Å²) in [6.07, 6.45) is 0. The van der Waals surface area contributed by atoms with Crippen LogP contribution >= 0.6 is 0 Å². The van der Waals surface area contributed by atoms with Gasteiger partial charge in [0.15, 0.2) is 5.78 Å². The zero-order valence-electron chi connectivity index (χ0n) is 12.9. The second-order valence-corrected chi connectivity index (χ2v) is 4.99. The lowest BCUT2D eigenvalue weighted by atomic mass is 10.2. The van der Waals surface area contributed by atoms with Gasteiger partial charge in [-0.3, -0.25) is 4.79 Å². The number of ether oxygens (including phenoxy) is 3. The van der Waals surface area contributed by atoms with E-state index in [0.29, 0.717) is 13.2 Å². The van der Waals surface area contributed by atoms with Gasteiger partial charge in [0.2, 0.25) is 0 Å². The SMILES string of the molecule is CC(=O)COCCOc1ccc(Oc2ccc(C)cc2)cc1.